The van der Waals surface area contributed by atoms with Crippen LogP contribution in [0, 0.1) is 0 Å². The van der Waals surface area contributed by atoms with Crippen LogP contribution in [0.3, 0.4) is 0 Å². The highest BCUT2D eigenvalue weighted by molar-refractivity contribution is 7.13. The zero-order valence-corrected chi connectivity index (χ0v) is 20.8. The SMILES string of the molecule is CCCCC/C=C\C/C=C\C/C=C\C/C=C\CCCC(=O)Nc1nc(C(C)(C)C)cs1. The van der Waals surface area contributed by atoms with E-state index in [1.165, 1.54) is 37.0 Å². The summed E-state index contributed by atoms with van der Waals surface area (Å²) in [6, 6.07) is 0. The highest BCUT2D eigenvalue weighted by atomic mass is 32.1. The van der Waals surface area contributed by atoms with Crippen LogP contribution in [0.25, 0.3) is 0 Å². The molecule has 0 atom stereocenters. The van der Waals surface area contributed by atoms with Gasteiger partial charge in [-0.2, -0.15) is 0 Å². The lowest BCUT2D eigenvalue weighted by atomic mass is 9.93. The minimum atomic E-state index is 0.0138. The Labute approximate surface area is 194 Å². The average Bonchev–Trinajstić information content (AvgIpc) is 3.19. The fraction of sp³-hybridized carbons (Fsp3) is 0.556. The molecule has 0 saturated heterocycles. The number of unbranched alkanes of at least 4 members (excludes halogenated alkanes) is 4. The second-order valence-corrected chi connectivity index (χ2v) is 9.67. The molecule has 0 aliphatic carbocycles. The van der Waals surface area contributed by atoms with Crippen LogP contribution in [0.5, 0.6) is 0 Å². The van der Waals surface area contributed by atoms with Gasteiger partial charge in [0.1, 0.15) is 0 Å². The molecule has 0 aliphatic heterocycles. The van der Waals surface area contributed by atoms with Gasteiger partial charge in [0.05, 0.1) is 5.69 Å². The standard InChI is InChI=1S/C27H42N2OS/c1-5-6-7-8-9-10-11-12-13-14-15-16-17-18-19-20-21-22-25(30)29-26-28-24(23-31-26)27(2,3)4/h9-10,12-13,15-16,18-19,23H,5-8,11,14,17,20-22H2,1-4H3,(H,28,29,30)/b10-9-,13-12-,16-15-,19-18-. The van der Waals surface area contributed by atoms with Crippen LogP contribution < -0.4 is 5.32 Å². The van der Waals surface area contributed by atoms with E-state index in [0.717, 1.165) is 37.8 Å². The van der Waals surface area contributed by atoms with Gasteiger partial charge in [-0.3, -0.25) is 4.79 Å². The first-order valence-corrected chi connectivity index (χ1v) is 12.7. The normalized spacial score (nSPS) is 12.8. The molecule has 0 aliphatic rings. The number of hydrogen-bond donors (Lipinski definition) is 1. The zero-order chi connectivity index (χ0) is 22.8. The maximum Gasteiger partial charge on any atom is 0.226 e. The fourth-order valence-electron chi connectivity index (χ4n) is 2.80. The molecule has 3 nitrogen and oxygen atoms in total. The van der Waals surface area contributed by atoms with E-state index in [1.54, 1.807) is 0 Å². The smallest absolute Gasteiger partial charge is 0.226 e. The first-order chi connectivity index (χ1) is 14.9. The lowest BCUT2D eigenvalue weighted by Crippen LogP contribution is -2.13. The van der Waals surface area contributed by atoms with Gasteiger partial charge >= 0.3 is 0 Å². The van der Waals surface area contributed by atoms with Crippen LogP contribution in [-0.2, 0) is 10.2 Å². The van der Waals surface area contributed by atoms with Crippen molar-refractivity contribution in [2.24, 2.45) is 0 Å². The van der Waals surface area contributed by atoms with Crippen LogP contribution in [0.2, 0.25) is 0 Å². The predicted octanol–water partition coefficient (Wildman–Crippen LogP) is 8.52. The Morgan fingerprint density at radius 2 is 1.45 bits per heavy atom. The van der Waals surface area contributed by atoms with E-state index in [1.807, 2.05) is 5.38 Å². The van der Waals surface area contributed by atoms with Crippen molar-refractivity contribution in [2.45, 2.75) is 97.3 Å². The summed E-state index contributed by atoms with van der Waals surface area (Å²) in [7, 11) is 0. The molecular weight excluding hydrogens is 400 g/mol. The number of nitrogens with one attached hydrogen (secondary N) is 1. The molecule has 1 rings (SSSR count). The van der Waals surface area contributed by atoms with E-state index < -0.39 is 0 Å². The number of amides is 1. The molecule has 0 radical (unpaired) electrons. The summed E-state index contributed by atoms with van der Waals surface area (Å²) < 4.78 is 0. The third-order valence-corrected chi connectivity index (χ3v) is 5.51. The molecule has 0 aromatic carbocycles. The maximum atomic E-state index is 12.0. The summed E-state index contributed by atoms with van der Waals surface area (Å²) in [5.41, 5.74) is 1.04. The molecule has 1 aromatic rings. The highest BCUT2D eigenvalue weighted by Gasteiger charge is 2.17. The number of thiazole rings is 1. The Hall–Kier alpha value is -1.94. The topological polar surface area (TPSA) is 42.0 Å². The van der Waals surface area contributed by atoms with Gasteiger partial charge < -0.3 is 5.32 Å². The summed E-state index contributed by atoms with van der Waals surface area (Å²) in [5, 5.41) is 5.64. The van der Waals surface area contributed by atoms with Crippen molar-refractivity contribution < 1.29 is 4.79 Å². The molecule has 1 heterocycles. The van der Waals surface area contributed by atoms with E-state index in [2.05, 4.69) is 86.6 Å². The average molecular weight is 443 g/mol. The molecule has 1 aromatic heterocycles. The predicted molar refractivity (Wildman–Crippen MR) is 138 cm³/mol. The third-order valence-electron chi connectivity index (χ3n) is 4.75. The molecule has 0 saturated carbocycles. The van der Waals surface area contributed by atoms with E-state index in [0.29, 0.717) is 11.6 Å². The van der Waals surface area contributed by atoms with E-state index in [9.17, 15) is 4.79 Å². The Kier molecular flexibility index (Phi) is 14.6. The number of rotatable bonds is 15. The van der Waals surface area contributed by atoms with Crippen molar-refractivity contribution >= 4 is 22.4 Å². The van der Waals surface area contributed by atoms with Crippen molar-refractivity contribution in [1.82, 2.24) is 4.98 Å². The lowest BCUT2D eigenvalue weighted by molar-refractivity contribution is -0.116. The van der Waals surface area contributed by atoms with E-state index in [4.69, 9.17) is 0 Å². The monoisotopic (exact) mass is 442 g/mol. The molecule has 1 N–H and O–H groups in total. The van der Waals surface area contributed by atoms with Gasteiger partial charge in [0.15, 0.2) is 5.13 Å². The Morgan fingerprint density at radius 3 is 1.97 bits per heavy atom. The number of nitrogens with zero attached hydrogens (tertiary/aromatic N) is 1. The minimum absolute atomic E-state index is 0.0138. The van der Waals surface area contributed by atoms with Gasteiger partial charge in [-0.15, -0.1) is 11.3 Å². The molecule has 1 amide bonds. The van der Waals surface area contributed by atoms with Crippen LogP contribution in [0.4, 0.5) is 5.13 Å². The minimum Gasteiger partial charge on any atom is -0.302 e. The molecule has 0 fully saturated rings. The van der Waals surface area contributed by atoms with Gasteiger partial charge in [-0.1, -0.05) is 89.1 Å². The molecule has 31 heavy (non-hydrogen) atoms. The van der Waals surface area contributed by atoms with Crippen molar-refractivity contribution in [3.8, 4) is 0 Å². The van der Waals surface area contributed by atoms with Crippen LogP contribution >= 0.6 is 11.3 Å². The summed E-state index contributed by atoms with van der Waals surface area (Å²) in [6.45, 7) is 8.62. The molecule has 172 valence electrons. The Morgan fingerprint density at radius 1 is 0.903 bits per heavy atom. The number of carbonyl (C=O) groups excluding carboxylic acids is 1. The molecule has 0 spiro atoms. The second-order valence-electron chi connectivity index (χ2n) is 8.82. The zero-order valence-electron chi connectivity index (χ0n) is 20.0. The molecule has 0 unspecified atom stereocenters. The number of allylic oxidation sites excluding steroid dienone is 8. The Balaban J connectivity index is 2.04. The van der Waals surface area contributed by atoms with Crippen molar-refractivity contribution in [2.75, 3.05) is 5.32 Å². The van der Waals surface area contributed by atoms with Gasteiger partial charge in [-0.05, 0) is 44.9 Å². The summed E-state index contributed by atoms with van der Waals surface area (Å²) in [4.78, 5) is 16.5. The van der Waals surface area contributed by atoms with Gasteiger partial charge in [-0.25, -0.2) is 4.98 Å². The molecule has 4 heteroatoms. The largest absolute Gasteiger partial charge is 0.302 e. The van der Waals surface area contributed by atoms with Crippen molar-refractivity contribution in [3.63, 3.8) is 0 Å². The van der Waals surface area contributed by atoms with Crippen molar-refractivity contribution in [1.29, 1.82) is 0 Å². The lowest BCUT2D eigenvalue weighted by Gasteiger charge is -2.14. The third kappa shape index (κ3) is 14.7. The summed E-state index contributed by atoms with van der Waals surface area (Å²) in [6.07, 6.45) is 28.2. The van der Waals surface area contributed by atoms with E-state index in [-0.39, 0.29) is 11.3 Å². The Bertz CT molecular complexity index is 720. The molecule has 0 bridgehead atoms. The first kappa shape index (κ1) is 27.1. The quantitative estimate of drug-likeness (QED) is 0.218. The number of hydrogen-bond acceptors (Lipinski definition) is 3. The first-order valence-electron chi connectivity index (χ1n) is 11.8. The second kappa shape index (κ2) is 16.7. The van der Waals surface area contributed by atoms with Gasteiger partial charge in [0.25, 0.3) is 0 Å². The van der Waals surface area contributed by atoms with Crippen molar-refractivity contribution in [3.05, 3.63) is 59.7 Å². The fourth-order valence-corrected chi connectivity index (χ4v) is 3.75. The van der Waals surface area contributed by atoms with Gasteiger partial charge in [0, 0.05) is 17.2 Å². The highest BCUT2D eigenvalue weighted by Crippen LogP contribution is 2.26. The summed E-state index contributed by atoms with van der Waals surface area (Å²) >= 11 is 1.50. The van der Waals surface area contributed by atoms with E-state index >= 15 is 0 Å². The maximum absolute atomic E-state index is 12.0. The summed E-state index contributed by atoms with van der Waals surface area (Å²) in [5.74, 6) is 0.0469. The molecular formula is C27H42N2OS. The van der Waals surface area contributed by atoms with Crippen LogP contribution in [0.1, 0.15) is 97.6 Å². The number of aromatic nitrogens is 1. The number of carbonyl (C=O) groups is 1. The van der Waals surface area contributed by atoms with Crippen LogP contribution in [0.15, 0.2) is 54.0 Å². The van der Waals surface area contributed by atoms with Gasteiger partial charge in [0.2, 0.25) is 5.91 Å². The number of anilines is 1. The van der Waals surface area contributed by atoms with Crippen LogP contribution in [-0.4, -0.2) is 10.9 Å².